The third-order valence-electron chi connectivity index (χ3n) is 5.51. The minimum absolute atomic E-state index is 0.0129. The smallest absolute Gasteiger partial charge is 0.261 e. The molecule has 0 aliphatic carbocycles. The Bertz CT molecular complexity index is 967. The number of aromatic nitrogens is 2. The van der Waals surface area contributed by atoms with Crippen LogP contribution in [-0.2, 0) is 18.4 Å². The van der Waals surface area contributed by atoms with Crippen LogP contribution in [0.2, 0.25) is 0 Å². The van der Waals surface area contributed by atoms with Crippen LogP contribution < -0.4 is 14.2 Å². The molecule has 0 bridgehead atoms. The number of rotatable bonds is 6. The van der Waals surface area contributed by atoms with Crippen molar-refractivity contribution in [1.82, 2.24) is 24.5 Å². The second-order valence-corrected chi connectivity index (χ2v) is 7.73. The van der Waals surface area contributed by atoms with Gasteiger partial charge >= 0.3 is 0 Å². The summed E-state index contributed by atoms with van der Waals surface area (Å²) in [7, 11) is 4.80. The van der Waals surface area contributed by atoms with Gasteiger partial charge in [-0.1, -0.05) is 6.07 Å². The van der Waals surface area contributed by atoms with Crippen molar-refractivity contribution in [3.63, 3.8) is 0 Å². The number of carbonyl (C=O) groups excluding carboxylic acids is 2. The highest BCUT2D eigenvalue weighted by molar-refractivity contribution is 5.98. The number of amides is 2. The molecule has 2 amide bonds. The van der Waals surface area contributed by atoms with Crippen molar-refractivity contribution in [2.75, 3.05) is 53.7 Å². The molecule has 1 fully saturated rings. The molecule has 31 heavy (non-hydrogen) atoms. The first-order chi connectivity index (χ1) is 14.9. The van der Waals surface area contributed by atoms with Crippen LogP contribution in [0.1, 0.15) is 15.9 Å². The van der Waals surface area contributed by atoms with Crippen molar-refractivity contribution in [3.8, 4) is 17.4 Å². The van der Waals surface area contributed by atoms with Crippen LogP contribution in [0.4, 0.5) is 0 Å². The molecule has 0 spiro atoms. The van der Waals surface area contributed by atoms with Crippen LogP contribution in [0.15, 0.2) is 24.4 Å². The van der Waals surface area contributed by atoms with Gasteiger partial charge in [0.25, 0.3) is 5.91 Å². The number of carbonyl (C=O) groups is 2. The van der Waals surface area contributed by atoms with Gasteiger partial charge in [0.2, 0.25) is 18.6 Å². The molecule has 10 nitrogen and oxygen atoms in total. The summed E-state index contributed by atoms with van der Waals surface area (Å²) in [5.74, 6) is 1.45. The number of likely N-dealkylation sites (N-methyl/N-ethyl adjacent to an activating group) is 1. The van der Waals surface area contributed by atoms with E-state index < -0.39 is 0 Å². The van der Waals surface area contributed by atoms with E-state index in [0.29, 0.717) is 18.7 Å². The molecule has 1 saturated heterocycles. The first-order valence-corrected chi connectivity index (χ1v) is 10.2. The number of aryl methyl sites for hydroxylation is 1. The molecule has 0 N–H and O–H groups in total. The third-order valence-corrected chi connectivity index (χ3v) is 5.51. The van der Waals surface area contributed by atoms with Crippen molar-refractivity contribution in [1.29, 1.82) is 0 Å². The Kier molecular flexibility index (Phi) is 5.99. The van der Waals surface area contributed by atoms with Crippen molar-refractivity contribution < 1.29 is 23.8 Å². The van der Waals surface area contributed by atoms with Crippen molar-refractivity contribution in [2.45, 2.75) is 6.54 Å². The van der Waals surface area contributed by atoms with Gasteiger partial charge in [0.15, 0.2) is 11.5 Å². The van der Waals surface area contributed by atoms with E-state index in [-0.39, 0.29) is 31.0 Å². The second-order valence-electron chi connectivity index (χ2n) is 7.73. The van der Waals surface area contributed by atoms with E-state index in [1.807, 2.05) is 18.2 Å². The maximum absolute atomic E-state index is 12.7. The number of nitrogens with zero attached hydrogens (tertiary/aromatic N) is 5. The number of ether oxygens (including phenoxy) is 3. The zero-order chi connectivity index (χ0) is 22.0. The van der Waals surface area contributed by atoms with Gasteiger partial charge in [-0.15, -0.1) is 5.10 Å². The molecule has 4 rings (SSSR count). The molecule has 3 heterocycles. The van der Waals surface area contributed by atoms with Gasteiger partial charge < -0.3 is 24.0 Å². The zero-order valence-electron chi connectivity index (χ0n) is 18.0. The molecule has 0 radical (unpaired) electrons. The van der Waals surface area contributed by atoms with Crippen LogP contribution in [0.25, 0.3) is 0 Å². The lowest BCUT2D eigenvalue weighted by molar-refractivity contribution is -0.133. The number of piperazine rings is 1. The summed E-state index contributed by atoms with van der Waals surface area (Å²) < 4.78 is 17.5. The fourth-order valence-corrected chi connectivity index (χ4v) is 3.80. The molecule has 0 saturated carbocycles. The number of hydrogen-bond acceptors (Lipinski definition) is 7. The topological polar surface area (TPSA) is 89.4 Å². The molecule has 2 aliphatic rings. The van der Waals surface area contributed by atoms with Gasteiger partial charge in [-0.2, -0.15) is 0 Å². The summed E-state index contributed by atoms with van der Waals surface area (Å²) in [4.78, 5) is 30.9. The Morgan fingerprint density at radius 2 is 1.90 bits per heavy atom. The second kappa shape index (κ2) is 8.84. The maximum atomic E-state index is 12.7. The summed E-state index contributed by atoms with van der Waals surface area (Å²) in [6.45, 7) is 3.87. The van der Waals surface area contributed by atoms with Gasteiger partial charge in [0.05, 0.1) is 13.7 Å². The highest BCUT2D eigenvalue weighted by Gasteiger charge is 2.26. The van der Waals surface area contributed by atoms with E-state index >= 15 is 0 Å². The summed E-state index contributed by atoms with van der Waals surface area (Å²) >= 11 is 0. The van der Waals surface area contributed by atoms with Crippen molar-refractivity contribution in [3.05, 3.63) is 35.5 Å². The normalized spacial score (nSPS) is 15.8. The van der Waals surface area contributed by atoms with Crippen LogP contribution in [-0.4, -0.2) is 90.0 Å². The predicted octanol–water partition coefficient (Wildman–Crippen LogP) is 0.574. The Morgan fingerprint density at radius 3 is 2.65 bits per heavy atom. The molecular weight excluding hydrogens is 402 g/mol. The van der Waals surface area contributed by atoms with Crippen LogP contribution in [0.5, 0.6) is 17.4 Å². The van der Waals surface area contributed by atoms with Crippen LogP contribution in [0, 0.1) is 0 Å². The van der Waals surface area contributed by atoms with Gasteiger partial charge in [-0.05, 0) is 17.7 Å². The van der Waals surface area contributed by atoms with E-state index in [2.05, 4.69) is 10.00 Å². The standard InChI is InChI=1S/C21H27N5O5/c1-23(21(28)16-12-24(2)22-20(16)29-3)13-19(27)26-8-6-25(7-9-26)11-15-4-5-17-18(10-15)31-14-30-17/h4-5,10,12H,6-9,11,13-14H2,1-3H3. The average molecular weight is 429 g/mol. The molecule has 1 aromatic carbocycles. The number of methoxy groups -OCH3 is 1. The van der Waals surface area contributed by atoms with Gasteiger partial charge in [-0.25, -0.2) is 0 Å². The third kappa shape index (κ3) is 4.58. The molecule has 0 unspecified atom stereocenters. The molecule has 166 valence electrons. The fourth-order valence-electron chi connectivity index (χ4n) is 3.80. The quantitative estimate of drug-likeness (QED) is 0.663. The van der Waals surface area contributed by atoms with Crippen molar-refractivity contribution >= 4 is 11.8 Å². The largest absolute Gasteiger partial charge is 0.479 e. The van der Waals surface area contributed by atoms with E-state index in [1.165, 1.54) is 16.7 Å². The number of benzene rings is 1. The molecule has 2 aliphatic heterocycles. The summed E-state index contributed by atoms with van der Waals surface area (Å²) in [6, 6.07) is 5.98. The lowest BCUT2D eigenvalue weighted by Crippen LogP contribution is -2.51. The lowest BCUT2D eigenvalue weighted by Gasteiger charge is -2.35. The highest BCUT2D eigenvalue weighted by Crippen LogP contribution is 2.32. The van der Waals surface area contributed by atoms with Gasteiger partial charge in [0.1, 0.15) is 5.56 Å². The van der Waals surface area contributed by atoms with Crippen LogP contribution >= 0.6 is 0 Å². The van der Waals surface area contributed by atoms with E-state index in [4.69, 9.17) is 14.2 Å². The maximum Gasteiger partial charge on any atom is 0.261 e. The van der Waals surface area contributed by atoms with E-state index in [9.17, 15) is 9.59 Å². The number of hydrogen-bond donors (Lipinski definition) is 0. The van der Waals surface area contributed by atoms with E-state index in [0.717, 1.165) is 36.7 Å². The Hall–Kier alpha value is -3.27. The molecule has 10 heteroatoms. The summed E-state index contributed by atoms with van der Waals surface area (Å²) in [6.07, 6.45) is 1.59. The molecular formula is C21H27N5O5. The minimum atomic E-state index is -0.292. The molecule has 2 aromatic rings. The monoisotopic (exact) mass is 429 g/mol. The Labute approximate surface area is 180 Å². The number of fused-ring (bicyclic) bond motifs is 1. The Balaban J connectivity index is 1.27. The van der Waals surface area contributed by atoms with Gasteiger partial charge in [-0.3, -0.25) is 19.2 Å². The molecule has 1 aromatic heterocycles. The van der Waals surface area contributed by atoms with Gasteiger partial charge in [0, 0.05) is 53.0 Å². The predicted molar refractivity (Wildman–Crippen MR) is 111 cm³/mol. The first kappa shape index (κ1) is 21.0. The summed E-state index contributed by atoms with van der Waals surface area (Å²) in [5.41, 5.74) is 1.49. The van der Waals surface area contributed by atoms with Crippen LogP contribution in [0.3, 0.4) is 0 Å². The lowest BCUT2D eigenvalue weighted by atomic mass is 10.1. The van der Waals surface area contributed by atoms with E-state index in [1.54, 1.807) is 25.2 Å². The van der Waals surface area contributed by atoms with Crippen molar-refractivity contribution in [2.24, 2.45) is 7.05 Å². The zero-order valence-corrected chi connectivity index (χ0v) is 18.0. The summed E-state index contributed by atoms with van der Waals surface area (Å²) in [5, 5.41) is 4.09. The molecule has 0 atom stereocenters. The highest BCUT2D eigenvalue weighted by atomic mass is 16.7. The Morgan fingerprint density at radius 1 is 1.16 bits per heavy atom. The first-order valence-electron chi connectivity index (χ1n) is 10.2. The minimum Gasteiger partial charge on any atom is -0.479 e. The SMILES string of the molecule is COc1nn(C)cc1C(=O)N(C)CC(=O)N1CCN(Cc2ccc3c(c2)OCO3)CC1. The fraction of sp³-hybridized carbons (Fsp3) is 0.476. The average Bonchev–Trinajstić information content (AvgIpc) is 3.39.